The number of hydrogen-bond acceptors (Lipinski definition) is 6. The van der Waals surface area contributed by atoms with E-state index in [1.54, 1.807) is 24.4 Å². The second kappa shape index (κ2) is 9.74. The van der Waals surface area contributed by atoms with E-state index in [1.165, 1.54) is 0 Å². The molecule has 188 valence electrons. The van der Waals surface area contributed by atoms with Gasteiger partial charge in [0.2, 0.25) is 0 Å². The fraction of sp³-hybridized carbons (Fsp3) is 0.345. The molecule has 0 atom stereocenters. The van der Waals surface area contributed by atoms with E-state index >= 15 is 0 Å². The van der Waals surface area contributed by atoms with Gasteiger partial charge in [0.1, 0.15) is 11.5 Å². The van der Waals surface area contributed by atoms with Crippen LogP contribution in [-0.2, 0) is 16.9 Å². The zero-order chi connectivity index (χ0) is 25.6. The highest BCUT2D eigenvalue weighted by molar-refractivity contribution is 6.39. The molecular formula is C29H25Cl2N3O3. The minimum Gasteiger partial charge on any atom is -0.385 e. The van der Waals surface area contributed by atoms with Crippen LogP contribution in [0, 0.1) is 11.3 Å². The second-order valence-electron chi connectivity index (χ2n) is 9.99. The Bertz CT molecular complexity index is 1490. The smallest absolute Gasteiger partial charge is 0.145 e. The number of rotatable bonds is 6. The first-order chi connectivity index (χ1) is 18.0. The number of benzene rings is 2. The Morgan fingerprint density at radius 2 is 1.84 bits per heavy atom. The van der Waals surface area contributed by atoms with Crippen LogP contribution in [0.5, 0.6) is 0 Å². The highest BCUT2D eigenvalue weighted by atomic mass is 35.5. The van der Waals surface area contributed by atoms with Crippen molar-refractivity contribution in [3.63, 3.8) is 0 Å². The van der Waals surface area contributed by atoms with Crippen LogP contribution in [0.2, 0.25) is 10.0 Å². The zero-order valence-corrected chi connectivity index (χ0v) is 21.6. The van der Waals surface area contributed by atoms with E-state index in [2.05, 4.69) is 16.2 Å². The van der Waals surface area contributed by atoms with Gasteiger partial charge in [-0.2, -0.15) is 5.26 Å². The van der Waals surface area contributed by atoms with Gasteiger partial charge in [0.25, 0.3) is 0 Å². The zero-order valence-electron chi connectivity index (χ0n) is 20.1. The van der Waals surface area contributed by atoms with E-state index < -0.39 is 5.60 Å². The molecule has 4 aromatic rings. The van der Waals surface area contributed by atoms with Gasteiger partial charge in [-0.3, -0.25) is 4.98 Å². The number of aliphatic hydroxyl groups is 1. The number of ether oxygens (including phenoxy) is 1. The monoisotopic (exact) mass is 533 g/mol. The standard InChI is InChI=1S/C29H25Cl2N3O3/c30-23-2-1-3-24(31)26(23)27-22(28(37-34-27)17-4-5-17)16-36-20-8-11-29(35,12-9-20)19-6-7-25-21(14-19)18(15-32)10-13-33-25/h1-3,6-7,10,13-14,17,20,35H,4-5,8-9,11-12,16H2. The van der Waals surface area contributed by atoms with Crippen LogP contribution in [0.15, 0.2) is 53.2 Å². The second-order valence-corrected chi connectivity index (χ2v) is 10.8. The van der Waals surface area contributed by atoms with Crippen LogP contribution in [0.4, 0.5) is 0 Å². The molecule has 2 saturated carbocycles. The molecule has 0 spiro atoms. The summed E-state index contributed by atoms with van der Waals surface area (Å²) in [6, 6.07) is 15.0. The van der Waals surface area contributed by atoms with Gasteiger partial charge in [-0.25, -0.2) is 0 Å². The van der Waals surface area contributed by atoms with E-state index in [9.17, 15) is 10.4 Å². The summed E-state index contributed by atoms with van der Waals surface area (Å²) in [5.41, 5.74) is 3.37. The minimum atomic E-state index is -0.969. The summed E-state index contributed by atoms with van der Waals surface area (Å²) >= 11 is 13.0. The fourth-order valence-electron chi connectivity index (χ4n) is 5.31. The molecule has 2 heterocycles. The van der Waals surface area contributed by atoms with Crippen LogP contribution in [0.1, 0.15) is 66.9 Å². The molecule has 6 rings (SSSR count). The lowest BCUT2D eigenvalue weighted by Crippen LogP contribution is -2.34. The van der Waals surface area contributed by atoms with Gasteiger partial charge in [-0.1, -0.05) is 40.5 Å². The quantitative estimate of drug-likeness (QED) is 0.279. The number of pyridine rings is 1. The van der Waals surface area contributed by atoms with Crippen LogP contribution < -0.4 is 0 Å². The first-order valence-electron chi connectivity index (χ1n) is 12.5. The van der Waals surface area contributed by atoms with E-state index in [-0.39, 0.29) is 6.10 Å². The Labute approximate surface area is 224 Å². The lowest BCUT2D eigenvalue weighted by Gasteiger charge is -2.36. The molecule has 8 heteroatoms. The van der Waals surface area contributed by atoms with E-state index in [4.69, 9.17) is 32.5 Å². The van der Waals surface area contributed by atoms with Crippen molar-refractivity contribution in [3.05, 3.63) is 81.2 Å². The lowest BCUT2D eigenvalue weighted by atomic mass is 9.78. The average Bonchev–Trinajstić information content (AvgIpc) is 3.68. The Hall–Kier alpha value is -2.95. The third-order valence-corrected chi connectivity index (χ3v) is 8.22. The minimum absolute atomic E-state index is 0.00594. The summed E-state index contributed by atoms with van der Waals surface area (Å²) in [7, 11) is 0. The molecule has 2 aromatic heterocycles. The van der Waals surface area contributed by atoms with Crippen molar-refractivity contribution in [2.75, 3.05) is 0 Å². The topological polar surface area (TPSA) is 92.2 Å². The fourth-order valence-corrected chi connectivity index (χ4v) is 5.88. The Morgan fingerprint density at radius 1 is 1.08 bits per heavy atom. The number of hydrogen-bond donors (Lipinski definition) is 1. The molecule has 0 radical (unpaired) electrons. The van der Waals surface area contributed by atoms with Crippen molar-refractivity contribution in [1.29, 1.82) is 5.26 Å². The predicted molar refractivity (Wildman–Crippen MR) is 141 cm³/mol. The van der Waals surface area contributed by atoms with Gasteiger partial charge in [-0.15, -0.1) is 0 Å². The van der Waals surface area contributed by atoms with E-state index in [1.807, 2.05) is 24.3 Å². The summed E-state index contributed by atoms with van der Waals surface area (Å²) in [5, 5.41) is 27.1. The van der Waals surface area contributed by atoms with Crippen LogP contribution in [0.3, 0.4) is 0 Å². The average molecular weight is 534 g/mol. The molecule has 0 aliphatic heterocycles. The maximum atomic E-state index is 11.5. The molecule has 2 aliphatic carbocycles. The van der Waals surface area contributed by atoms with Gasteiger partial charge in [0.15, 0.2) is 0 Å². The number of aromatic nitrogens is 2. The van der Waals surface area contributed by atoms with Crippen molar-refractivity contribution >= 4 is 34.1 Å². The van der Waals surface area contributed by atoms with E-state index in [0.717, 1.165) is 40.6 Å². The first kappa shape index (κ1) is 24.4. The van der Waals surface area contributed by atoms with Crippen molar-refractivity contribution in [1.82, 2.24) is 10.1 Å². The maximum absolute atomic E-state index is 11.5. The molecule has 0 saturated heterocycles. The number of nitriles is 1. The normalized spacial score (nSPS) is 21.7. The van der Waals surface area contributed by atoms with Gasteiger partial charge < -0.3 is 14.4 Å². The highest BCUT2D eigenvalue weighted by Gasteiger charge is 2.37. The predicted octanol–water partition coefficient (Wildman–Crippen LogP) is 7.29. The third-order valence-electron chi connectivity index (χ3n) is 7.59. The molecule has 0 amide bonds. The summed E-state index contributed by atoms with van der Waals surface area (Å²) in [6.07, 6.45) is 6.31. The van der Waals surface area contributed by atoms with Crippen LogP contribution in [0.25, 0.3) is 22.2 Å². The summed E-state index contributed by atoms with van der Waals surface area (Å²) in [4.78, 5) is 4.34. The number of nitrogens with zero attached hydrogens (tertiary/aromatic N) is 3. The molecule has 2 aliphatic rings. The van der Waals surface area contributed by atoms with Crippen molar-refractivity contribution < 1.29 is 14.4 Å². The van der Waals surface area contributed by atoms with Gasteiger partial charge in [0.05, 0.1) is 45.5 Å². The van der Waals surface area contributed by atoms with Crippen LogP contribution >= 0.6 is 23.2 Å². The van der Waals surface area contributed by atoms with Gasteiger partial charge in [-0.05, 0) is 74.4 Å². The molecule has 1 N–H and O–H groups in total. The third kappa shape index (κ3) is 4.62. The number of fused-ring (bicyclic) bond motifs is 1. The largest absolute Gasteiger partial charge is 0.385 e. The Kier molecular flexibility index (Phi) is 6.42. The molecule has 2 aromatic carbocycles. The summed E-state index contributed by atoms with van der Waals surface area (Å²) in [6.45, 7) is 0.350. The molecular weight excluding hydrogens is 509 g/mol. The molecule has 0 unspecified atom stereocenters. The molecule has 37 heavy (non-hydrogen) atoms. The summed E-state index contributed by atoms with van der Waals surface area (Å²) in [5.74, 6) is 1.22. The van der Waals surface area contributed by atoms with Crippen LogP contribution in [-0.4, -0.2) is 21.4 Å². The lowest BCUT2D eigenvalue weighted by molar-refractivity contribution is -0.0640. The Balaban J connectivity index is 1.19. The maximum Gasteiger partial charge on any atom is 0.145 e. The first-order valence-corrected chi connectivity index (χ1v) is 13.3. The van der Waals surface area contributed by atoms with E-state index in [0.29, 0.717) is 65.1 Å². The highest BCUT2D eigenvalue weighted by Crippen LogP contribution is 2.46. The SMILES string of the molecule is N#Cc1ccnc2ccc(C3(O)CCC(OCc4c(-c5c(Cl)cccc5Cl)noc4C4CC4)CC3)cc12. The van der Waals surface area contributed by atoms with Gasteiger partial charge in [0, 0.05) is 28.6 Å². The molecule has 0 bridgehead atoms. The number of halogens is 2. The molecule has 6 nitrogen and oxygen atoms in total. The van der Waals surface area contributed by atoms with Crippen molar-refractivity contribution in [2.45, 2.75) is 62.8 Å². The Morgan fingerprint density at radius 3 is 2.54 bits per heavy atom. The van der Waals surface area contributed by atoms with Gasteiger partial charge >= 0.3 is 0 Å². The molecule has 2 fully saturated rings. The van der Waals surface area contributed by atoms with Crippen molar-refractivity contribution in [2.24, 2.45) is 0 Å². The summed E-state index contributed by atoms with van der Waals surface area (Å²) < 4.78 is 12.1. The van der Waals surface area contributed by atoms with Crippen molar-refractivity contribution in [3.8, 4) is 17.3 Å².